The maximum Gasteiger partial charge on any atom is 0.241 e. The maximum atomic E-state index is 10.5. The van der Waals surface area contributed by atoms with Gasteiger partial charge in [0.25, 0.3) is 0 Å². The van der Waals surface area contributed by atoms with Gasteiger partial charge >= 0.3 is 0 Å². The summed E-state index contributed by atoms with van der Waals surface area (Å²) < 4.78 is 0. The van der Waals surface area contributed by atoms with Crippen LogP contribution in [0.1, 0.15) is 27.2 Å². The minimum Gasteiger partial charge on any atom is -0.273 e. The lowest BCUT2D eigenvalue weighted by atomic mass is 9.93. The summed E-state index contributed by atoms with van der Waals surface area (Å²) in [5.41, 5.74) is 6.83. The highest BCUT2D eigenvalue weighted by Crippen LogP contribution is 2.13. The van der Waals surface area contributed by atoms with E-state index >= 15 is 0 Å². The van der Waals surface area contributed by atoms with Gasteiger partial charge in [0.2, 0.25) is 5.91 Å². The number of carbonyl (C=O) groups is 1. The Bertz CT molecular complexity index is 99.1. The first-order valence-electron chi connectivity index (χ1n) is 3.35. The van der Waals surface area contributed by atoms with Crippen molar-refractivity contribution in [3.05, 3.63) is 0 Å². The Balaban J connectivity index is 3.83. The van der Waals surface area contributed by atoms with Crippen molar-refractivity contribution in [1.82, 2.24) is 5.73 Å². The molecule has 1 amide bonds. The third-order valence-electron chi connectivity index (χ3n) is 1.58. The lowest BCUT2D eigenvalue weighted by molar-refractivity contribution is -0.123. The number of carbonyl (C=O) groups excluding carboxylic acids is 1. The van der Waals surface area contributed by atoms with E-state index in [0.717, 1.165) is 6.42 Å². The summed E-state index contributed by atoms with van der Waals surface area (Å²) in [6.07, 6.45) is 0.792. The molecule has 0 rings (SSSR count). The van der Waals surface area contributed by atoms with Crippen molar-refractivity contribution in [2.45, 2.75) is 27.2 Å². The number of hydrogen-bond donors (Lipinski definition) is 0. The zero-order valence-electron chi connectivity index (χ0n) is 6.27. The molecule has 2 heteroatoms. The van der Waals surface area contributed by atoms with E-state index in [1.54, 1.807) is 0 Å². The molecule has 0 aliphatic rings. The van der Waals surface area contributed by atoms with Gasteiger partial charge in [0.05, 0.1) is 0 Å². The molecule has 0 fully saturated rings. The topological polar surface area (TPSA) is 40.9 Å². The monoisotopic (exact) mass is 128 g/mol. The molecule has 9 heavy (non-hydrogen) atoms. The molecule has 0 saturated carbocycles. The molecule has 1 radical (unpaired) electrons. The fraction of sp³-hybridized carbons (Fsp3) is 0.857. The van der Waals surface area contributed by atoms with Crippen molar-refractivity contribution in [3.63, 3.8) is 0 Å². The van der Waals surface area contributed by atoms with Gasteiger partial charge in [-0.15, -0.1) is 0 Å². The Morgan fingerprint density at radius 2 is 2.00 bits per heavy atom. The first kappa shape index (κ1) is 8.47. The molecule has 53 valence electrons. The molecular weight excluding hydrogens is 114 g/mol. The van der Waals surface area contributed by atoms with Crippen LogP contribution in [0.15, 0.2) is 0 Å². The van der Waals surface area contributed by atoms with Crippen molar-refractivity contribution in [3.8, 4) is 0 Å². The predicted molar refractivity (Wildman–Crippen MR) is 36.7 cm³/mol. The molecule has 0 bridgehead atoms. The van der Waals surface area contributed by atoms with Gasteiger partial charge in [-0.1, -0.05) is 20.8 Å². The molecule has 1 atom stereocenters. The summed E-state index contributed by atoms with van der Waals surface area (Å²) in [5.74, 6) is -0.155. The number of amides is 1. The average Bonchev–Trinajstić information content (AvgIpc) is 1.64. The summed E-state index contributed by atoms with van der Waals surface area (Å²) in [6.45, 7) is 5.89. The molecule has 0 aromatic carbocycles. The minimum absolute atomic E-state index is 0.0509. The second kappa shape index (κ2) is 3.49. The second-order valence-electron chi connectivity index (χ2n) is 2.62. The van der Waals surface area contributed by atoms with Crippen molar-refractivity contribution < 1.29 is 4.79 Å². The fourth-order valence-corrected chi connectivity index (χ4v) is 0.960. The average molecular weight is 128 g/mol. The third kappa shape index (κ3) is 2.49. The van der Waals surface area contributed by atoms with E-state index in [-0.39, 0.29) is 5.92 Å². The van der Waals surface area contributed by atoms with Gasteiger partial charge < -0.3 is 0 Å². The Kier molecular flexibility index (Phi) is 3.28. The van der Waals surface area contributed by atoms with E-state index in [0.29, 0.717) is 5.92 Å². The van der Waals surface area contributed by atoms with Gasteiger partial charge in [-0.3, -0.25) is 10.5 Å². The SMILES string of the molecule is CCC(C([NH])=O)C(C)C. The lowest BCUT2D eigenvalue weighted by Crippen LogP contribution is -2.19. The Morgan fingerprint density at radius 1 is 1.56 bits per heavy atom. The van der Waals surface area contributed by atoms with Crippen LogP contribution in [0.5, 0.6) is 0 Å². The van der Waals surface area contributed by atoms with Gasteiger partial charge in [0.15, 0.2) is 0 Å². The minimum atomic E-state index is -0.424. The highest BCUT2D eigenvalue weighted by atomic mass is 16.1. The van der Waals surface area contributed by atoms with E-state index in [1.807, 2.05) is 20.8 Å². The Morgan fingerprint density at radius 3 is 2.00 bits per heavy atom. The smallest absolute Gasteiger partial charge is 0.241 e. The van der Waals surface area contributed by atoms with Crippen molar-refractivity contribution >= 4 is 5.91 Å². The van der Waals surface area contributed by atoms with Crippen molar-refractivity contribution in [2.24, 2.45) is 11.8 Å². The lowest BCUT2D eigenvalue weighted by Gasteiger charge is -2.12. The van der Waals surface area contributed by atoms with Crippen molar-refractivity contribution in [2.75, 3.05) is 0 Å². The molecule has 0 heterocycles. The molecule has 1 unspecified atom stereocenters. The van der Waals surface area contributed by atoms with Crippen LogP contribution in [0, 0.1) is 11.8 Å². The summed E-state index contributed by atoms with van der Waals surface area (Å²) in [6, 6.07) is 0. The van der Waals surface area contributed by atoms with Crippen LogP contribution in [0.3, 0.4) is 0 Å². The van der Waals surface area contributed by atoms with Crippen LogP contribution in [0.4, 0.5) is 0 Å². The summed E-state index contributed by atoms with van der Waals surface area (Å²) in [5, 5.41) is 0. The number of nitrogens with one attached hydrogen (secondary N) is 1. The molecular formula is C7H14NO. The maximum absolute atomic E-state index is 10.5. The zero-order valence-corrected chi connectivity index (χ0v) is 6.27. The van der Waals surface area contributed by atoms with Crippen LogP contribution in [0.2, 0.25) is 0 Å². The van der Waals surface area contributed by atoms with Crippen LogP contribution in [-0.2, 0) is 4.79 Å². The van der Waals surface area contributed by atoms with Crippen LogP contribution in [-0.4, -0.2) is 5.91 Å². The summed E-state index contributed by atoms with van der Waals surface area (Å²) in [7, 11) is 0. The van der Waals surface area contributed by atoms with E-state index in [2.05, 4.69) is 0 Å². The Hall–Kier alpha value is -0.530. The normalized spacial score (nSPS) is 13.8. The van der Waals surface area contributed by atoms with Crippen LogP contribution < -0.4 is 5.73 Å². The van der Waals surface area contributed by atoms with Gasteiger partial charge in [-0.2, -0.15) is 0 Å². The van der Waals surface area contributed by atoms with Gasteiger partial charge in [-0.05, 0) is 12.3 Å². The largest absolute Gasteiger partial charge is 0.273 e. The second-order valence-corrected chi connectivity index (χ2v) is 2.62. The molecule has 0 saturated heterocycles. The summed E-state index contributed by atoms with van der Waals surface area (Å²) in [4.78, 5) is 10.5. The first-order valence-corrected chi connectivity index (χ1v) is 3.35. The highest BCUT2D eigenvalue weighted by Gasteiger charge is 2.16. The van der Waals surface area contributed by atoms with Gasteiger partial charge in [-0.25, -0.2) is 0 Å². The fourth-order valence-electron chi connectivity index (χ4n) is 0.960. The molecule has 0 aliphatic carbocycles. The quantitative estimate of drug-likeness (QED) is 0.567. The molecule has 0 aromatic heterocycles. The van der Waals surface area contributed by atoms with E-state index in [4.69, 9.17) is 5.73 Å². The zero-order chi connectivity index (χ0) is 7.44. The molecule has 0 spiro atoms. The van der Waals surface area contributed by atoms with Gasteiger partial charge in [0.1, 0.15) is 0 Å². The Labute approximate surface area is 56.4 Å². The van der Waals surface area contributed by atoms with Crippen LogP contribution >= 0.6 is 0 Å². The third-order valence-corrected chi connectivity index (χ3v) is 1.58. The van der Waals surface area contributed by atoms with E-state index in [9.17, 15) is 4.79 Å². The van der Waals surface area contributed by atoms with Gasteiger partial charge in [0, 0.05) is 5.92 Å². The van der Waals surface area contributed by atoms with Crippen LogP contribution in [0.25, 0.3) is 0 Å². The number of hydrogen-bond acceptors (Lipinski definition) is 1. The molecule has 2 nitrogen and oxygen atoms in total. The molecule has 0 aromatic rings. The molecule has 0 aliphatic heterocycles. The van der Waals surface area contributed by atoms with Crippen molar-refractivity contribution in [1.29, 1.82) is 0 Å². The highest BCUT2D eigenvalue weighted by molar-refractivity contribution is 5.75. The first-order chi connectivity index (χ1) is 4.09. The number of rotatable bonds is 3. The summed E-state index contributed by atoms with van der Waals surface area (Å²) >= 11 is 0. The van der Waals surface area contributed by atoms with E-state index in [1.165, 1.54) is 0 Å². The van der Waals surface area contributed by atoms with E-state index < -0.39 is 5.91 Å². The molecule has 1 N–H and O–H groups in total. The standard InChI is InChI=1S/C7H14NO/c1-4-6(5(2)3)7(8)9/h5-6,8H,4H2,1-3H3. The predicted octanol–water partition coefficient (Wildman–Crippen LogP) is 1.48.